The lowest BCUT2D eigenvalue weighted by Gasteiger charge is -2.45. The van der Waals surface area contributed by atoms with Gasteiger partial charge in [-0.05, 0) is 100 Å². The zero-order chi connectivity index (χ0) is 33.9. The molecule has 0 bridgehead atoms. The lowest BCUT2D eigenvalue weighted by Crippen LogP contribution is -2.60. The number of piperidine rings is 2. The standard InChI is InChI=1S/C35H44Br2N6O5/c1-39-16-17-42(31(22-39)34(46)47)26-10-14-41(15-11-26)33(45)25(18-23-6-7-28(36)29(37)19-23)20-32(44)40-12-8-27(9-13-40)43-21-24-4-2-3-5-30(24)38-35(43)48/h2-7,19,25-27,31H,8-18,20-22H2,1H3,(H,38,48)(H,46,47). The summed E-state index contributed by atoms with van der Waals surface area (Å²) in [6.45, 7) is 4.76. The van der Waals surface area contributed by atoms with Gasteiger partial charge in [-0.2, -0.15) is 0 Å². The fraction of sp³-hybridized carbons (Fsp3) is 0.543. The summed E-state index contributed by atoms with van der Waals surface area (Å²) in [7, 11) is 1.95. The highest BCUT2D eigenvalue weighted by molar-refractivity contribution is 9.13. The van der Waals surface area contributed by atoms with E-state index in [1.54, 1.807) is 0 Å². The van der Waals surface area contributed by atoms with Crippen LogP contribution in [-0.2, 0) is 27.3 Å². The number of carbonyl (C=O) groups is 4. The quantitative estimate of drug-likeness (QED) is 0.405. The summed E-state index contributed by atoms with van der Waals surface area (Å²) in [6, 6.07) is 13.3. The van der Waals surface area contributed by atoms with E-state index in [2.05, 4.69) is 47.0 Å². The van der Waals surface area contributed by atoms with Gasteiger partial charge in [0.25, 0.3) is 0 Å². The van der Waals surface area contributed by atoms with E-state index in [9.17, 15) is 24.3 Å². The van der Waals surface area contributed by atoms with Crippen LogP contribution in [0.1, 0.15) is 43.2 Å². The van der Waals surface area contributed by atoms with Gasteiger partial charge >= 0.3 is 12.0 Å². The molecule has 0 spiro atoms. The number of hydrogen-bond acceptors (Lipinski definition) is 6. The Balaban J connectivity index is 1.09. The van der Waals surface area contributed by atoms with Crippen molar-refractivity contribution in [2.24, 2.45) is 5.92 Å². The highest BCUT2D eigenvalue weighted by Gasteiger charge is 2.39. The van der Waals surface area contributed by atoms with E-state index in [-0.39, 0.29) is 36.3 Å². The first-order chi connectivity index (χ1) is 23.1. The summed E-state index contributed by atoms with van der Waals surface area (Å²) in [6.07, 6.45) is 3.37. The Morgan fingerprint density at radius 2 is 1.58 bits per heavy atom. The number of fused-ring (bicyclic) bond motifs is 1. The van der Waals surface area contributed by atoms with Crippen LogP contribution in [0.5, 0.6) is 0 Å². The number of likely N-dealkylation sites (N-methyl/N-ethyl adjacent to an activating group) is 1. The number of carboxylic acids is 1. The van der Waals surface area contributed by atoms with E-state index in [4.69, 9.17) is 0 Å². The molecule has 3 fully saturated rings. The second-order valence-corrected chi connectivity index (χ2v) is 15.3. The summed E-state index contributed by atoms with van der Waals surface area (Å²) in [5, 5.41) is 12.9. The van der Waals surface area contributed by atoms with Crippen LogP contribution in [0.4, 0.5) is 10.5 Å². The summed E-state index contributed by atoms with van der Waals surface area (Å²) in [5.74, 6) is -1.37. The average Bonchev–Trinajstić information content (AvgIpc) is 3.09. The number of para-hydroxylation sites is 1. The van der Waals surface area contributed by atoms with Crippen molar-refractivity contribution in [3.05, 3.63) is 62.5 Å². The molecular weight excluding hydrogens is 744 g/mol. The number of halogens is 2. The van der Waals surface area contributed by atoms with E-state index >= 15 is 0 Å². The van der Waals surface area contributed by atoms with Crippen LogP contribution in [0, 0.1) is 5.92 Å². The van der Waals surface area contributed by atoms with Gasteiger partial charge in [-0.25, -0.2) is 4.79 Å². The Bertz CT molecular complexity index is 1530. The number of carbonyl (C=O) groups excluding carboxylic acids is 3. The number of benzene rings is 2. The Labute approximate surface area is 298 Å². The molecule has 4 amide bonds. The van der Waals surface area contributed by atoms with E-state index in [0.29, 0.717) is 77.9 Å². The van der Waals surface area contributed by atoms with Gasteiger partial charge in [-0.15, -0.1) is 0 Å². The molecule has 0 aliphatic carbocycles. The molecule has 0 radical (unpaired) electrons. The molecule has 2 atom stereocenters. The molecule has 0 saturated carbocycles. The van der Waals surface area contributed by atoms with E-state index < -0.39 is 17.9 Å². The van der Waals surface area contributed by atoms with Crippen LogP contribution >= 0.6 is 31.9 Å². The molecule has 4 aliphatic heterocycles. The SMILES string of the molecule is CN1CCN(C2CCN(C(=O)C(CC(=O)N3CCC(N4Cc5ccccc5NC4=O)CC3)Cc3ccc(Br)c(Br)c3)CC2)C(C(=O)O)C1. The number of urea groups is 1. The summed E-state index contributed by atoms with van der Waals surface area (Å²) >= 11 is 7.10. The van der Waals surface area contributed by atoms with E-state index in [0.717, 1.165) is 32.3 Å². The smallest absolute Gasteiger partial charge is 0.322 e. The monoisotopic (exact) mass is 786 g/mol. The number of rotatable bonds is 8. The first-order valence-electron chi connectivity index (χ1n) is 16.9. The molecule has 11 nitrogen and oxygen atoms in total. The predicted molar refractivity (Wildman–Crippen MR) is 189 cm³/mol. The van der Waals surface area contributed by atoms with Gasteiger partial charge in [0.05, 0.1) is 5.92 Å². The first-order valence-corrected chi connectivity index (χ1v) is 18.5. The lowest BCUT2D eigenvalue weighted by molar-refractivity contribution is -0.149. The van der Waals surface area contributed by atoms with Crippen molar-refractivity contribution in [3.63, 3.8) is 0 Å². The predicted octanol–water partition coefficient (Wildman–Crippen LogP) is 4.49. The number of aliphatic carboxylic acids is 1. The largest absolute Gasteiger partial charge is 0.480 e. The third-order valence-electron chi connectivity index (χ3n) is 10.5. The molecule has 4 aliphatic rings. The Kier molecular flexibility index (Phi) is 11.1. The maximum atomic E-state index is 14.1. The number of nitrogens with zero attached hydrogens (tertiary/aromatic N) is 5. The van der Waals surface area contributed by atoms with Crippen molar-refractivity contribution in [1.29, 1.82) is 0 Å². The minimum absolute atomic E-state index is 0.0208. The number of carboxylic acid groups (broad SMARTS) is 1. The van der Waals surface area contributed by atoms with Gasteiger partial charge in [0.1, 0.15) is 6.04 Å². The molecule has 0 aromatic heterocycles. The Hall–Kier alpha value is -3.00. The molecule has 4 heterocycles. The highest BCUT2D eigenvalue weighted by atomic mass is 79.9. The number of anilines is 1. The van der Waals surface area contributed by atoms with Crippen LogP contribution in [0.15, 0.2) is 51.4 Å². The third-order valence-corrected chi connectivity index (χ3v) is 12.4. The third kappa shape index (κ3) is 7.90. The summed E-state index contributed by atoms with van der Waals surface area (Å²) in [4.78, 5) is 62.6. The van der Waals surface area contributed by atoms with Crippen molar-refractivity contribution < 1.29 is 24.3 Å². The van der Waals surface area contributed by atoms with Crippen molar-refractivity contribution in [2.45, 2.75) is 63.2 Å². The fourth-order valence-corrected chi connectivity index (χ4v) is 8.42. The number of nitrogens with one attached hydrogen (secondary N) is 1. The summed E-state index contributed by atoms with van der Waals surface area (Å²) < 4.78 is 1.81. The van der Waals surface area contributed by atoms with E-state index in [1.165, 1.54) is 0 Å². The minimum Gasteiger partial charge on any atom is -0.480 e. The van der Waals surface area contributed by atoms with Gasteiger partial charge in [-0.3, -0.25) is 19.3 Å². The number of hydrogen-bond donors (Lipinski definition) is 2. The van der Waals surface area contributed by atoms with Gasteiger partial charge in [0.2, 0.25) is 11.8 Å². The second kappa shape index (κ2) is 15.3. The lowest BCUT2D eigenvalue weighted by atomic mass is 9.91. The van der Waals surface area contributed by atoms with Crippen molar-refractivity contribution >= 4 is 61.4 Å². The van der Waals surface area contributed by atoms with Crippen molar-refractivity contribution in [3.8, 4) is 0 Å². The van der Waals surface area contributed by atoms with Crippen LogP contribution in [0.25, 0.3) is 0 Å². The van der Waals surface area contributed by atoms with Crippen LogP contribution in [0.3, 0.4) is 0 Å². The molecule has 2 N–H and O–H groups in total. The minimum atomic E-state index is -0.798. The molecule has 2 aromatic carbocycles. The normalized spacial score (nSPS) is 22.3. The van der Waals surface area contributed by atoms with E-state index in [1.807, 2.05) is 64.2 Å². The van der Waals surface area contributed by atoms with Crippen molar-refractivity contribution in [1.82, 2.24) is 24.5 Å². The maximum absolute atomic E-state index is 14.1. The van der Waals surface area contributed by atoms with Crippen LogP contribution < -0.4 is 5.32 Å². The van der Waals surface area contributed by atoms with Crippen LogP contribution in [-0.4, -0.2) is 124 Å². The maximum Gasteiger partial charge on any atom is 0.322 e. The summed E-state index contributed by atoms with van der Waals surface area (Å²) in [5.41, 5.74) is 2.92. The number of piperazine rings is 1. The number of likely N-dealkylation sites (tertiary alicyclic amines) is 2. The van der Waals surface area contributed by atoms with Gasteiger partial charge in [0, 0.05) is 85.5 Å². The fourth-order valence-electron chi connectivity index (χ4n) is 7.75. The zero-order valence-electron chi connectivity index (χ0n) is 27.3. The van der Waals surface area contributed by atoms with Gasteiger partial charge in [-0.1, -0.05) is 24.3 Å². The Morgan fingerprint density at radius 1 is 0.896 bits per heavy atom. The Morgan fingerprint density at radius 3 is 2.29 bits per heavy atom. The topological polar surface area (TPSA) is 117 Å². The average molecular weight is 789 g/mol. The van der Waals surface area contributed by atoms with Gasteiger partial charge < -0.3 is 30.0 Å². The number of amides is 4. The molecule has 48 heavy (non-hydrogen) atoms. The first kappa shape index (κ1) is 34.8. The van der Waals surface area contributed by atoms with Crippen molar-refractivity contribution in [2.75, 3.05) is 58.2 Å². The molecule has 2 unspecified atom stereocenters. The molecular formula is C35H44Br2N6O5. The van der Waals surface area contributed by atoms with Gasteiger partial charge in [0.15, 0.2) is 0 Å². The van der Waals surface area contributed by atoms with Crippen LogP contribution in [0.2, 0.25) is 0 Å². The molecule has 3 saturated heterocycles. The molecule has 6 rings (SSSR count). The molecule has 258 valence electrons. The molecule has 13 heteroatoms. The highest BCUT2D eigenvalue weighted by Crippen LogP contribution is 2.30. The zero-order valence-corrected chi connectivity index (χ0v) is 30.5. The second-order valence-electron chi connectivity index (χ2n) is 13.6. The molecule has 2 aromatic rings.